The number of halogens is 3. The first-order valence-electron chi connectivity index (χ1n) is 7.85. The van der Waals surface area contributed by atoms with E-state index in [2.05, 4.69) is 10.4 Å². The summed E-state index contributed by atoms with van der Waals surface area (Å²) in [7, 11) is -2.31. The van der Waals surface area contributed by atoms with Gasteiger partial charge in [-0.25, -0.2) is 22.2 Å². The number of amides is 1. The summed E-state index contributed by atoms with van der Waals surface area (Å²) in [5, 5.41) is 5.80. The molecule has 1 N–H and O–H groups in total. The number of alkyl halides is 3. The normalized spacial score (nSPS) is 17.4. The summed E-state index contributed by atoms with van der Waals surface area (Å²) >= 11 is 0. The zero-order valence-corrected chi connectivity index (χ0v) is 15.1. The molecule has 0 saturated carbocycles. The molecule has 0 unspecified atom stereocenters. The monoisotopic (exact) mass is 399 g/mol. The van der Waals surface area contributed by atoms with Crippen molar-refractivity contribution in [3.05, 3.63) is 16.3 Å². The van der Waals surface area contributed by atoms with Crippen molar-refractivity contribution in [2.75, 3.05) is 25.9 Å². The Kier molecular flexibility index (Phi) is 5.80. The van der Waals surface area contributed by atoms with E-state index in [4.69, 9.17) is 0 Å². The Bertz CT molecular complexity index is 822. The van der Waals surface area contributed by atoms with Gasteiger partial charge in [0, 0.05) is 32.6 Å². The molecule has 2 heterocycles. The van der Waals surface area contributed by atoms with Gasteiger partial charge in [0.1, 0.15) is 0 Å². The molecule has 0 aromatic carbocycles. The number of sulfonamides is 1. The summed E-state index contributed by atoms with van der Waals surface area (Å²) in [5.41, 5.74) is -0.923. The van der Waals surface area contributed by atoms with Crippen LogP contribution < -0.4 is 11.0 Å². The third kappa shape index (κ3) is 4.63. The maximum atomic E-state index is 12.7. The van der Waals surface area contributed by atoms with Crippen LogP contribution in [0.15, 0.2) is 4.79 Å². The van der Waals surface area contributed by atoms with Crippen LogP contribution in [0.2, 0.25) is 0 Å². The molecule has 0 atom stereocenters. The van der Waals surface area contributed by atoms with Gasteiger partial charge >= 0.3 is 11.9 Å². The van der Waals surface area contributed by atoms with Crippen LogP contribution >= 0.6 is 0 Å². The van der Waals surface area contributed by atoms with Crippen LogP contribution in [0.3, 0.4) is 0 Å². The van der Waals surface area contributed by atoms with E-state index in [1.165, 1.54) is 4.31 Å². The highest BCUT2D eigenvalue weighted by atomic mass is 32.2. The van der Waals surface area contributed by atoms with Crippen molar-refractivity contribution < 1.29 is 26.4 Å². The van der Waals surface area contributed by atoms with Gasteiger partial charge in [0.15, 0.2) is 0 Å². The Balaban J connectivity index is 1.87. The van der Waals surface area contributed by atoms with Crippen molar-refractivity contribution in [2.24, 2.45) is 13.0 Å². The molecule has 26 heavy (non-hydrogen) atoms. The molecular weight excluding hydrogens is 379 g/mol. The number of carbonyl (C=O) groups is 1. The standard InChI is InChI=1S/C13H20F3N5O4S/c1-19-11(13(14,15)16)18-21(12(19)23)8-5-17-10(22)9-3-6-20(7-4-9)26(2,24)25/h9H,3-8H2,1-2H3,(H,17,22). The first-order valence-corrected chi connectivity index (χ1v) is 9.70. The molecule has 1 aliphatic heterocycles. The molecule has 0 spiro atoms. The lowest BCUT2D eigenvalue weighted by Gasteiger charge is -2.29. The number of nitrogens with one attached hydrogen (secondary N) is 1. The average molecular weight is 399 g/mol. The Hall–Kier alpha value is -1.89. The second-order valence-corrected chi connectivity index (χ2v) is 8.10. The first kappa shape index (κ1) is 20.4. The molecule has 13 heteroatoms. The molecule has 1 amide bonds. The number of hydrogen-bond acceptors (Lipinski definition) is 5. The topological polar surface area (TPSA) is 106 Å². The van der Waals surface area contributed by atoms with Gasteiger partial charge in [0.05, 0.1) is 12.8 Å². The highest BCUT2D eigenvalue weighted by Gasteiger charge is 2.38. The molecule has 0 bridgehead atoms. The van der Waals surface area contributed by atoms with E-state index in [0.29, 0.717) is 22.1 Å². The summed E-state index contributed by atoms with van der Waals surface area (Å²) in [6, 6.07) is 0. The maximum absolute atomic E-state index is 12.7. The van der Waals surface area contributed by atoms with E-state index in [1.807, 2.05) is 0 Å². The van der Waals surface area contributed by atoms with E-state index in [0.717, 1.165) is 13.3 Å². The van der Waals surface area contributed by atoms with Gasteiger partial charge in [-0.1, -0.05) is 0 Å². The number of aromatic nitrogens is 3. The summed E-state index contributed by atoms with van der Waals surface area (Å²) < 4.78 is 63.3. The molecular formula is C13H20F3N5O4S. The summed E-state index contributed by atoms with van der Waals surface area (Å²) in [6.07, 6.45) is -2.91. The summed E-state index contributed by atoms with van der Waals surface area (Å²) in [4.78, 5) is 23.8. The van der Waals surface area contributed by atoms with Crippen molar-refractivity contribution in [1.29, 1.82) is 0 Å². The number of nitrogens with zero attached hydrogens (tertiary/aromatic N) is 4. The SMILES string of the molecule is Cn1c(C(F)(F)F)nn(CCNC(=O)C2CCN(S(C)(=O)=O)CC2)c1=O. The van der Waals surface area contributed by atoms with Crippen molar-refractivity contribution in [3.63, 3.8) is 0 Å². The van der Waals surface area contributed by atoms with Gasteiger partial charge < -0.3 is 5.32 Å². The average Bonchev–Trinajstić information content (AvgIpc) is 2.82. The Labute approximate surface area is 147 Å². The van der Waals surface area contributed by atoms with Crippen LogP contribution in [0.1, 0.15) is 18.7 Å². The molecule has 0 radical (unpaired) electrons. The lowest BCUT2D eigenvalue weighted by molar-refractivity contribution is -0.147. The van der Waals surface area contributed by atoms with E-state index in [-0.39, 0.29) is 38.0 Å². The minimum absolute atomic E-state index is 0.0562. The fourth-order valence-corrected chi connectivity index (χ4v) is 3.63. The van der Waals surface area contributed by atoms with Crippen LogP contribution in [-0.4, -0.2) is 58.9 Å². The number of hydrogen-bond donors (Lipinski definition) is 1. The second kappa shape index (κ2) is 7.39. The van der Waals surface area contributed by atoms with E-state index < -0.39 is 27.7 Å². The van der Waals surface area contributed by atoms with Gasteiger partial charge in [-0.3, -0.25) is 9.36 Å². The third-order valence-corrected chi connectivity index (χ3v) is 5.51. The van der Waals surface area contributed by atoms with Gasteiger partial charge in [-0.05, 0) is 12.8 Å². The summed E-state index contributed by atoms with van der Waals surface area (Å²) in [5.74, 6) is -2.00. The number of carbonyl (C=O) groups excluding carboxylic acids is 1. The molecule has 9 nitrogen and oxygen atoms in total. The lowest BCUT2D eigenvalue weighted by Crippen LogP contribution is -2.43. The molecule has 148 valence electrons. The van der Waals surface area contributed by atoms with Gasteiger partial charge in [0.2, 0.25) is 21.8 Å². The fourth-order valence-electron chi connectivity index (χ4n) is 2.76. The molecule has 0 aliphatic carbocycles. The van der Waals surface area contributed by atoms with E-state index in [9.17, 15) is 31.2 Å². The lowest BCUT2D eigenvalue weighted by atomic mass is 9.97. The van der Waals surface area contributed by atoms with Crippen molar-refractivity contribution in [3.8, 4) is 0 Å². The largest absolute Gasteiger partial charge is 0.451 e. The highest BCUT2D eigenvalue weighted by molar-refractivity contribution is 7.88. The zero-order valence-electron chi connectivity index (χ0n) is 14.3. The smallest absolute Gasteiger partial charge is 0.354 e. The van der Waals surface area contributed by atoms with Crippen molar-refractivity contribution in [2.45, 2.75) is 25.6 Å². The first-order chi connectivity index (χ1) is 11.9. The molecule has 1 fully saturated rings. The minimum Gasteiger partial charge on any atom is -0.354 e. The highest BCUT2D eigenvalue weighted by Crippen LogP contribution is 2.26. The van der Waals surface area contributed by atoms with Crippen LogP contribution in [0, 0.1) is 5.92 Å². The van der Waals surface area contributed by atoms with Gasteiger partial charge in [-0.2, -0.15) is 13.2 Å². The molecule has 1 aromatic rings. The summed E-state index contributed by atoms with van der Waals surface area (Å²) in [6.45, 7) is 0.229. The predicted octanol–water partition coefficient (Wildman–Crippen LogP) is -0.612. The van der Waals surface area contributed by atoms with E-state index >= 15 is 0 Å². The van der Waals surface area contributed by atoms with Crippen LogP contribution in [0.25, 0.3) is 0 Å². The zero-order chi connectivity index (χ0) is 19.7. The van der Waals surface area contributed by atoms with Gasteiger partial charge in [0.25, 0.3) is 0 Å². The maximum Gasteiger partial charge on any atom is 0.451 e. The predicted molar refractivity (Wildman–Crippen MR) is 84.6 cm³/mol. The molecule has 1 aliphatic rings. The Morgan fingerprint density at radius 1 is 1.31 bits per heavy atom. The third-order valence-electron chi connectivity index (χ3n) is 4.21. The minimum atomic E-state index is -4.74. The van der Waals surface area contributed by atoms with Crippen LogP contribution in [0.4, 0.5) is 13.2 Å². The van der Waals surface area contributed by atoms with Crippen LogP contribution in [-0.2, 0) is 34.6 Å². The van der Waals surface area contributed by atoms with Crippen molar-refractivity contribution in [1.82, 2.24) is 24.0 Å². The second-order valence-electron chi connectivity index (χ2n) is 6.11. The molecule has 1 aromatic heterocycles. The Morgan fingerprint density at radius 2 is 1.88 bits per heavy atom. The molecule has 1 saturated heterocycles. The van der Waals surface area contributed by atoms with Crippen molar-refractivity contribution >= 4 is 15.9 Å². The molecule has 2 rings (SSSR count). The number of rotatable bonds is 5. The quantitative estimate of drug-likeness (QED) is 0.711. The Morgan fingerprint density at radius 3 is 2.35 bits per heavy atom. The fraction of sp³-hybridized carbons (Fsp3) is 0.769. The van der Waals surface area contributed by atoms with Crippen LogP contribution in [0.5, 0.6) is 0 Å². The number of piperidine rings is 1. The van der Waals surface area contributed by atoms with E-state index in [1.54, 1.807) is 0 Å². The van der Waals surface area contributed by atoms with Gasteiger partial charge in [-0.15, -0.1) is 5.10 Å².